The average molecular weight is 448 g/mol. The van der Waals surface area contributed by atoms with Crippen molar-refractivity contribution >= 4 is 15.7 Å². The number of rotatable bonds is 6. The van der Waals surface area contributed by atoms with E-state index in [0.29, 0.717) is 22.9 Å². The number of ether oxygens (including phenoxy) is 1. The summed E-state index contributed by atoms with van der Waals surface area (Å²) in [6, 6.07) is 25.7. The molecule has 0 unspecified atom stereocenters. The Balaban J connectivity index is 1.61. The lowest BCUT2D eigenvalue weighted by molar-refractivity contribution is 0.483. The fourth-order valence-electron chi connectivity index (χ4n) is 3.21. The van der Waals surface area contributed by atoms with Gasteiger partial charge in [-0.2, -0.15) is 5.10 Å². The normalized spacial score (nSPS) is 11.8. The van der Waals surface area contributed by atoms with E-state index in [1.807, 2.05) is 81.4 Å². The molecule has 0 aliphatic heterocycles. The molecule has 0 aliphatic rings. The van der Waals surface area contributed by atoms with Crippen LogP contribution in [0.4, 0.5) is 5.69 Å². The van der Waals surface area contributed by atoms with Gasteiger partial charge in [-0.05, 0) is 48.5 Å². The number of benzene rings is 3. The van der Waals surface area contributed by atoms with Gasteiger partial charge in [0, 0.05) is 11.1 Å². The zero-order chi connectivity index (χ0) is 22.8. The van der Waals surface area contributed by atoms with Gasteiger partial charge in [0.15, 0.2) is 0 Å². The molecule has 1 N–H and O–H groups in total. The molecule has 0 saturated heterocycles. The zero-order valence-corrected chi connectivity index (χ0v) is 19.0. The first-order valence-electron chi connectivity index (χ1n) is 10.2. The van der Waals surface area contributed by atoms with Crippen LogP contribution in [-0.4, -0.2) is 18.2 Å². The van der Waals surface area contributed by atoms with Crippen LogP contribution in [0, 0.1) is 0 Å². The van der Waals surface area contributed by atoms with Crippen LogP contribution in [0.2, 0.25) is 0 Å². The summed E-state index contributed by atoms with van der Waals surface area (Å²) in [7, 11) is -3.86. The van der Waals surface area contributed by atoms with Crippen molar-refractivity contribution in [3.05, 3.63) is 96.8 Å². The second-order valence-corrected chi connectivity index (χ2v) is 10.1. The first kappa shape index (κ1) is 21.6. The lowest BCUT2D eigenvalue weighted by Gasteiger charge is -2.18. The van der Waals surface area contributed by atoms with Gasteiger partial charge in [-0.3, -0.25) is 4.72 Å². The molecule has 0 radical (unpaired) electrons. The van der Waals surface area contributed by atoms with Gasteiger partial charge in [0.05, 0.1) is 17.6 Å². The molecule has 3 aromatic carbocycles. The highest BCUT2D eigenvalue weighted by molar-refractivity contribution is 7.92. The van der Waals surface area contributed by atoms with Gasteiger partial charge in [0.1, 0.15) is 16.4 Å². The first-order chi connectivity index (χ1) is 15.2. The highest BCUT2D eigenvalue weighted by Crippen LogP contribution is 2.30. The van der Waals surface area contributed by atoms with Gasteiger partial charge in [0.25, 0.3) is 10.0 Å². The molecule has 164 valence electrons. The minimum Gasteiger partial charge on any atom is -0.457 e. The lowest BCUT2D eigenvalue weighted by Crippen LogP contribution is -2.20. The lowest BCUT2D eigenvalue weighted by atomic mass is 9.92. The number of para-hydroxylation sites is 2. The largest absolute Gasteiger partial charge is 0.457 e. The Hall–Kier alpha value is -3.58. The maximum absolute atomic E-state index is 13.3. The van der Waals surface area contributed by atoms with E-state index in [1.165, 1.54) is 0 Å². The molecule has 4 aromatic rings. The number of sulfonamides is 1. The molecule has 0 atom stereocenters. The number of nitrogens with zero attached hydrogens (tertiary/aromatic N) is 2. The van der Waals surface area contributed by atoms with Crippen LogP contribution in [0.5, 0.6) is 11.5 Å². The van der Waals surface area contributed by atoms with Crippen molar-refractivity contribution in [3.8, 4) is 17.2 Å². The topological polar surface area (TPSA) is 73.2 Å². The Bertz CT molecular complexity index is 1290. The van der Waals surface area contributed by atoms with Crippen LogP contribution in [0.25, 0.3) is 5.69 Å². The summed E-state index contributed by atoms with van der Waals surface area (Å²) in [6.45, 7) is 5.83. The molecule has 0 fully saturated rings. The van der Waals surface area contributed by atoms with E-state index >= 15 is 0 Å². The van der Waals surface area contributed by atoms with E-state index in [0.717, 1.165) is 5.69 Å². The monoisotopic (exact) mass is 447 g/mol. The molecule has 0 saturated carbocycles. The maximum Gasteiger partial charge on any atom is 0.265 e. The second kappa shape index (κ2) is 8.51. The highest BCUT2D eigenvalue weighted by Gasteiger charge is 2.30. The van der Waals surface area contributed by atoms with E-state index in [2.05, 4.69) is 9.82 Å². The summed E-state index contributed by atoms with van der Waals surface area (Å²) in [5, 5.41) is 4.60. The van der Waals surface area contributed by atoms with Gasteiger partial charge in [-0.25, -0.2) is 13.1 Å². The molecule has 1 heterocycles. The molecule has 4 rings (SSSR count). The second-order valence-electron chi connectivity index (χ2n) is 8.42. The van der Waals surface area contributed by atoms with E-state index in [9.17, 15) is 8.42 Å². The molecule has 1 aromatic heterocycles. The van der Waals surface area contributed by atoms with Crippen LogP contribution in [0.1, 0.15) is 26.5 Å². The van der Waals surface area contributed by atoms with Gasteiger partial charge in [0.2, 0.25) is 0 Å². The Morgan fingerprint density at radius 3 is 1.97 bits per heavy atom. The standard InChI is InChI=1S/C25H25N3O3S/c1-25(2,3)24-23(18-28(26-24)20-10-6-4-7-11-20)32(29,30)27-19-14-16-22(17-15-19)31-21-12-8-5-9-13-21/h4-18,27H,1-3H3. The van der Waals surface area contributed by atoms with Crippen molar-refractivity contribution in [3.63, 3.8) is 0 Å². The number of nitrogens with one attached hydrogen (secondary N) is 1. The maximum atomic E-state index is 13.3. The van der Waals surface area contributed by atoms with Crippen molar-refractivity contribution in [2.45, 2.75) is 31.1 Å². The summed E-state index contributed by atoms with van der Waals surface area (Å²) >= 11 is 0. The van der Waals surface area contributed by atoms with Crippen molar-refractivity contribution in [2.75, 3.05) is 4.72 Å². The SMILES string of the molecule is CC(C)(C)c1nn(-c2ccccc2)cc1S(=O)(=O)Nc1ccc(Oc2ccccc2)cc1. The Morgan fingerprint density at radius 1 is 0.812 bits per heavy atom. The summed E-state index contributed by atoms with van der Waals surface area (Å²) in [5.74, 6) is 1.33. The predicted octanol–water partition coefficient (Wildman–Crippen LogP) is 5.76. The van der Waals surface area contributed by atoms with Gasteiger partial charge < -0.3 is 4.74 Å². The van der Waals surface area contributed by atoms with E-state index in [4.69, 9.17) is 4.74 Å². The van der Waals surface area contributed by atoms with Gasteiger partial charge in [-0.15, -0.1) is 0 Å². The van der Waals surface area contributed by atoms with Crippen molar-refractivity contribution in [2.24, 2.45) is 0 Å². The molecule has 7 heteroatoms. The molecule has 0 aliphatic carbocycles. The predicted molar refractivity (Wildman–Crippen MR) is 126 cm³/mol. The summed E-state index contributed by atoms with van der Waals surface area (Å²) in [5.41, 5.74) is 1.27. The van der Waals surface area contributed by atoms with Crippen LogP contribution in [0.15, 0.2) is 96.0 Å². The van der Waals surface area contributed by atoms with Crippen LogP contribution < -0.4 is 9.46 Å². The molecule has 0 bridgehead atoms. The minimum absolute atomic E-state index is 0.151. The highest BCUT2D eigenvalue weighted by atomic mass is 32.2. The quantitative estimate of drug-likeness (QED) is 0.408. The van der Waals surface area contributed by atoms with Gasteiger partial charge >= 0.3 is 0 Å². The summed E-state index contributed by atoms with van der Waals surface area (Å²) in [6.07, 6.45) is 1.56. The smallest absolute Gasteiger partial charge is 0.265 e. The molecular formula is C25H25N3O3S. The zero-order valence-electron chi connectivity index (χ0n) is 18.2. The molecule has 0 amide bonds. The number of anilines is 1. The number of hydrogen-bond acceptors (Lipinski definition) is 4. The van der Waals surface area contributed by atoms with E-state index < -0.39 is 15.4 Å². The average Bonchev–Trinajstić information content (AvgIpc) is 3.24. The first-order valence-corrected chi connectivity index (χ1v) is 11.7. The van der Waals surface area contributed by atoms with E-state index in [1.54, 1.807) is 35.1 Å². The Morgan fingerprint density at radius 2 is 1.38 bits per heavy atom. The summed E-state index contributed by atoms with van der Waals surface area (Å²) in [4.78, 5) is 0.151. The number of hydrogen-bond donors (Lipinski definition) is 1. The van der Waals surface area contributed by atoms with Crippen molar-refractivity contribution < 1.29 is 13.2 Å². The van der Waals surface area contributed by atoms with Crippen LogP contribution >= 0.6 is 0 Å². The fraction of sp³-hybridized carbons (Fsp3) is 0.160. The van der Waals surface area contributed by atoms with E-state index in [-0.39, 0.29) is 4.90 Å². The van der Waals surface area contributed by atoms with Crippen molar-refractivity contribution in [1.82, 2.24) is 9.78 Å². The Kier molecular flexibility index (Phi) is 5.76. The molecule has 32 heavy (non-hydrogen) atoms. The minimum atomic E-state index is -3.86. The summed E-state index contributed by atoms with van der Waals surface area (Å²) < 4.78 is 36.6. The Labute approximate surface area is 188 Å². The third-order valence-electron chi connectivity index (χ3n) is 4.79. The third-order valence-corrected chi connectivity index (χ3v) is 6.17. The third kappa shape index (κ3) is 4.84. The van der Waals surface area contributed by atoms with Crippen LogP contribution in [-0.2, 0) is 15.4 Å². The molecular weight excluding hydrogens is 422 g/mol. The van der Waals surface area contributed by atoms with Gasteiger partial charge in [-0.1, -0.05) is 57.2 Å². The van der Waals surface area contributed by atoms with Crippen LogP contribution in [0.3, 0.4) is 0 Å². The number of aromatic nitrogens is 2. The van der Waals surface area contributed by atoms with Crippen molar-refractivity contribution in [1.29, 1.82) is 0 Å². The molecule has 6 nitrogen and oxygen atoms in total. The molecule has 0 spiro atoms. The fourth-order valence-corrected chi connectivity index (χ4v) is 4.61.